The van der Waals surface area contributed by atoms with Crippen molar-refractivity contribution in [3.05, 3.63) is 34.6 Å². The first-order valence-electron chi connectivity index (χ1n) is 4.60. The lowest BCUT2D eigenvalue weighted by Gasteiger charge is -2.10. The molecule has 0 aromatic heterocycles. The normalized spacial score (nSPS) is 13.8. The number of aliphatic hydroxyl groups excluding tert-OH is 1. The number of sulfone groups is 1. The summed E-state index contributed by atoms with van der Waals surface area (Å²) in [4.78, 5) is 0. The van der Waals surface area contributed by atoms with E-state index in [0.29, 0.717) is 5.56 Å². The van der Waals surface area contributed by atoms with Crippen molar-refractivity contribution in [3.63, 3.8) is 0 Å². The molecule has 0 heterocycles. The van der Waals surface area contributed by atoms with Gasteiger partial charge in [-0.1, -0.05) is 17.7 Å². The minimum Gasteiger partial charge on any atom is -0.388 e. The van der Waals surface area contributed by atoms with E-state index in [2.05, 4.69) is 0 Å². The molecule has 0 radical (unpaired) electrons. The number of halogens is 2. The maximum absolute atomic E-state index is 12.8. The highest BCUT2D eigenvalue weighted by Crippen LogP contribution is 2.23. The van der Waals surface area contributed by atoms with Crippen molar-refractivity contribution < 1.29 is 17.9 Å². The van der Waals surface area contributed by atoms with E-state index in [9.17, 15) is 17.9 Å². The highest BCUT2D eigenvalue weighted by Gasteiger charge is 2.12. The Morgan fingerprint density at radius 2 is 2.12 bits per heavy atom. The molecule has 0 saturated carbocycles. The molecule has 0 aliphatic rings. The Bertz CT molecular complexity index is 473. The molecule has 1 unspecified atom stereocenters. The van der Waals surface area contributed by atoms with Gasteiger partial charge in [-0.3, -0.25) is 0 Å². The lowest BCUT2D eigenvalue weighted by Crippen LogP contribution is -2.08. The molecular formula is C10H12ClFO3S. The maximum Gasteiger partial charge on any atom is 0.147 e. The first-order chi connectivity index (χ1) is 7.29. The second-order valence-corrected chi connectivity index (χ2v) is 6.27. The summed E-state index contributed by atoms with van der Waals surface area (Å²) in [5.41, 5.74) is 0.412. The number of hydrogen-bond acceptors (Lipinski definition) is 3. The second kappa shape index (κ2) is 5.12. The zero-order valence-corrected chi connectivity index (χ0v) is 10.2. The molecule has 0 spiro atoms. The maximum atomic E-state index is 12.8. The van der Waals surface area contributed by atoms with Crippen LogP contribution in [-0.2, 0) is 9.84 Å². The van der Waals surface area contributed by atoms with Crippen LogP contribution in [0, 0.1) is 5.82 Å². The first kappa shape index (κ1) is 13.4. The van der Waals surface area contributed by atoms with Gasteiger partial charge in [0.05, 0.1) is 16.9 Å². The van der Waals surface area contributed by atoms with Gasteiger partial charge in [0.15, 0.2) is 0 Å². The summed E-state index contributed by atoms with van der Waals surface area (Å²) in [5.74, 6) is -0.691. The van der Waals surface area contributed by atoms with Gasteiger partial charge in [0.2, 0.25) is 0 Å². The highest BCUT2D eigenvalue weighted by atomic mass is 35.5. The van der Waals surface area contributed by atoms with Crippen molar-refractivity contribution in [2.75, 3.05) is 12.0 Å². The monoisotopic (exact) mass is 266 g/mol. The zero-order valence-electron chi connectivity index (χ0n) is 8.65. The average Bonchev–Trinajstić information content (AvgIpc) is 2.17. The van der Waals surface area contributed by atoms with E-state index in [1.807, 2.05) is 0 Å². The van der Waals surface area contributed by atoms with Crippen LogP contribution in [0.15, 0.2) is 18.2 Å². The summed E-state index contributed by atoms with van der Waals surface area (Å²) in [7, 11) is -3.11. The van der Waals surface area contributed by atoms with E-state index < -0.39 is 21.8 Å². The molecule has 16 heavy (non-hydrogen) atoms. The van der Waals surface area contributed by atoms with Crippen LogP contribution < -0.4 is 0 Å². The van der Waals surface area contributed by atoms with Crippen molar-refractivity contribution in [2.24, 2.45) is 0 Å². The minimum absolute atomic E-state index is 0.0702. The molecule has 0 aliphatic carbocycles. The SMILES string of the molecule is CS(=O)(=O)CCC(O)c1ccc(F)c(Cl)c1. The molecular weight excluding hydrogens is 255 g/mol. The molecule has 1 rings (SSSR count). The summed E-state index contributed by atoms with van der Waals surface area (Å²) >= 11 is 5.54. The Hall–Kier alpha value is -0.650. The van der Waals surface area contributed by atoms with Crippen molar-refractivity contribution in [3.8, 4) is 0 Å². The van der Waals surface area contributed by atoms with E-state index >= 15 is 0 Å². The number of benzene rings is 1. The van der Waals surface area contributed by atoms with Crippen LogP contribution in [0.5, 0.6) is 0 Å². The number of aliphatic hydroxyl groups is 1. The van der Waals surface area contributed by atoms with Crippen molar-refractivity contribution >= 4 is 21.4 Å². The Morgan fingerprint density at radius 1 is 1.50 bits per heavy atom. The molecule has 0 saturated heterocycles. The van der Waals surface area contributed by atoms with E-state index in [4.69, 9.17) is 11.6 Å². The molecule has 1 aromatic rings. The third-order valence-corrected chi connectivity index (χ3v) is 3.36. The summed E-state index contributed by atoms with van der Waals surface area (Å²) in [6.45, 7) is 0. The third kappa shape index (κ3) is 4.08. The standard InChI is InChI=1S/C10H12ClFO3S/c1-16(14,15)5-4-10(13)7-2-3-9(12)8(11)6-7/h2-3,6,10,13H,4-5H2,1H3. The summed E-state index contributed by atoms with van der Waals surface area (Å²) in [6.07, 6.45) is 0.214. The first-order valence-corrected chi connectivity index (χ1v) is 7.04. The van der Waals surface area contributed by atoms with Crippen molar-refractivity contribution in [2.45, 2.75) is 12.5 Å². The summed E-state index contributed by atoms with van der Waals surface area (Å²) in [5, 5.41) is 9.57. The minimum atomic E-state index is -3.11. The smallest absolute Gasteiger partial charge is 0.147 e. The lowest BCUT2D eigenvalue weighted by molar-refractivity contribution is 0.174. The third-order valence-electron chi connectivity index (χ3n) is 2.09. The molecule has 0 fully saturated rings. The Labute approximate surface area is 98.8 Å². The van der Waals surface area contributed by atoms with Crippen LogP contribution in [0.1, 0.15) is 18.1 Å². The quantitative estimate of drug-likeness (QED) is 0.906. The van der Waals surface area contributed by atoms with Gasteiger partial charge in [-0.15, -0.1) is 0 Å². The summed E-state index contributed by atoms with van der Waals surface area (Å²) < 4.78 is 34.6. The Morgan fingerprint density at radius 3 is 2.62 bits per heavy atom. The van der Waals surface area contributed by atoms with Crippen LogP contribution >= 0.6 is 11.6 Å². The van der Waals surface area contributed by atoms with Gasteiger partial charge < -0.3 is 5.11 Å². The van der Waals surface area contributed by atoms with Crippen molar-refractivity contribution in [1.29, 1.82) is 0 Å². The average molecular weight is 267 g/mol. The van der Waals surface area contributed by atoms with Gasteiger partial charge in [-0.2, -0.15) is 0 Å². The van der Waals surface area contributed by atoms with Gasteiger partial charge in [0, 0.05) is 6.26 Å². The lowest BCUT2D eigenvalue weighted by atomic mass is 10.1. The molecule has 0 amide bonds. The van der Waals surface area contributed by atoms with Crippen LogP contribution in [-0.4, -0.2) is 25.5 Å². The van der Waals surface area contributed by atoms with Gasteiger partial charge in [0.1, 0.15) is 15.7 Å². The van der Waals surface area contributed by atoms with E-state index in [0.717, 1.165) is 12.3 Å². The molecule has 90 valence electrons. The Kier molecular flexibility index (Phi) is 4.29. The van der Waals surface area contributed by atoms with Crippen LogP contribution in [0.2, 0.25) is 5.02 Å². The van der Waals surface area contributed by atoms with E-state index in [1.54, 1.807) is 0 Å². The number of hydrogen-bond donors (Lipinski definition) is 1. The molecule has 6 heteroatoms. The van der Waals surface area contributed by atoms with E-state index in [-0.39, 0.29) is 17.2 Å². The summed E-state index contributed by atoms with van der Waals surface area (Å²) in [6, 6.07) is 3.82. The molecule has 1 atom stereocenters. The van der Waals surface area contributed by atoms with Gasteiger partial charge in [-0.25, -0.2) is 12.8 Å². The molecule has 0 aliphatic heterocycles. The fourth-order valence-corrected chi connectivity index (χ4v) is 2.05. The van der Waals surface area contributed by atoms with E-state index in [1.165, 1.54) is 12.1 Å². The molecule has 1 N–H and O–H groups in total. The fourth-order valence-electron chi connectivity index (χ4n) is 1.21. The zero-order chi connectivity index (χ0) is 12.3. The highest BCUT2D eigenvalue weighted by molar-refractivity contribution is 7.90. The molecule has 3 nitrogen and oxygen atoms in total. The fraction of sp³-hybridized carbons (Fsp3) is 0.400. The van der Waals surface area contributed by atoms with Crippen LogP contribution in [0.4, 0.5) is 4.39 Å². The van der Waals surface area contributed by atoms with Gasteiger partial charge in [-0.05, 0) is 24.1 Å². The number of rotatable bonds is 4. The van der Waals surface area contributed by atoms with Gasteiger partial charge >= 0.3 is 0 Å². The van der Waals surface area contributed by atoms with Crippen LogP contribution in [0.25, 0.3) is 0 Å². The molecule has 1 aromatic carbocycles. The Balaban J connectivity index is 2.73. The van der Waals surface area contributed by atoms with Crippen molar-refractivity contribution in [1.82, 2.24) is 0 Å². The predicted molar refractivity (Wildman–Crippen MR) is 60.7 cm³/mol. The largest absolute Gasteiger partial charge is 0.388 e. The molecule has 0 bridgehead atoms. The van der Waals surface area contributed by atoms with Crippen LogP contribution in [0.3, 0.4) is 0 Å². The second-order valence-electron chi connectivity index (χ2n) is 3.61. The van der Waals surface area contributed by atoms with Gasteiger partial charge in [0.25, 0.3) is 0 Å². The predicted octanol–water partition coefficient (Wildman–Crippen LogP) is 1.95. The topological polar surface area (TPSA) is 54.4 Å².